The fourth-order valence-corrected chi connectivity index (χ4v) is 2.57. The number of nitrogens with zero attached hydrogens (tertiary/aromatic N) is 4. The molecular weight excluding hydrogens is 262 g/mol. The Kier molecular flexibility index (Phi) is 4.71. The second-order valence-corrected chi connectivity index (χ2v) is 5.41. The topological polar surface area (TPSA) is 69.1 Å². The second-order valence-electron chi connectivity index (χ2n) is 5.04. The summed E-state index contributed by atoms with van der Waals surface area (Å²) in [4.78, 5) is 13.2. The SMILES string of the molecule is Cn1c(CCC(N)=O)nn(CN2CCCCC2)c1=S. The third kappa shape index (κ3) is 3.63. The second kappa shape index (κ2) is 6.29. The van der Waals surface area contributed by atoms with Crippen LogP contribution in [0, 0.1) is 4.77 Å². The van der Waals surface area contributed by atoms with Crippen molar-refractivity contribution in [1.29, 1.82) is 0 Å². The molecule has 0 spiro atoms. The summed E-state index contributed by atoms with van der Waals surface area (Å²) >= 11 is 5.38. The molecule has 0 radical (unpaired) electrons. The Morgan fingerprint density at radius 1 is 1.37 bits per heavy atom. The van der Waals surface area contributed by atoms with Gasteiger partial charge < -0.3 is 10.3 Å². The monoisotopic (exact) mass is 283 g/mol. The van der Waals surface area contributed by atoms with E-state index in [1.54, 1.807) is 0 Å². The van der Waals surface area contributed by atoms with Crippen LogP contribution in [0.25, 0.3) is 0 Å². The highest BCUT2D eigenvalue weighted by Gasteiger charge is 2.14. The highest BCUT2D eigenvalue weighted by atomic mass is 32.1. The molecule has 2 rings (SSSR count). The third-order valence-corrected chi connectivity index (χ3v) is 3.99. The number of carbonyl (C=O) groups excluding carboxylic acids is 1. The van der Waals surface area contributed by atoms with E-state index < -0.39 is 0 Å². The third-order valence-electron chi connectivity index (χ3n) is 3.51. The van der Waals surface area contributed by atoms with Gasteiger partial charge in [-0.1, -0.05) is 6.42 Å². The van der Waals surface area contributed by atoms with Crippen molar-refractivity contribution in [2.75, 3.05) is 13.1 Å². The molecule has 106 valence electrons. The van der Waals surface area contributed by atoms with Gasteiger partial charge in [-0.05, 0) is 38.1 Å². The molecule has 1 aromatic heterocycles. The molecule has 1 fully saturated rings. The van der Waals surface area contributed by atoms with Gasteiger partial charge in [0, 0.05) is 19.9 Å². The summed E-state index contributed by atoms with van der Waals surface area (Å²) in [5.41, 5.74) is 5.17. The molecule has 0 bridgehead atoms. The van der Waals surface area contributed by atoms with Gasteiger partial charge in [-0.15, -0.1) is 0 Å². The van der Waals surface area contributed by atoms with Crippen molar-refractivity contribution in [2.24, 2.45) is 12.8 Å². The predicted molar refractivity (Wildman–Crippen MR) is 75.0 cm³/mol. The molecule has 0 aliphatic carbocycles. The van der Waals surface area contributed by atoms with Crippen molar-refractivity contribution in [3.8, 4) is 0 Å². The summed E-state index contributed by atoms with van der Waals surface area (Å²) in [5.74, 6) is 0.511. The molecule has 0 unspecified atom stereocenters. The van der Waals surface area contributed by atoms with Gasteiger partial charge in [-0.2, -0.15) is 5.10 Å². The summed E-state index contributed by atoms with van der Waals surface area (Å²) < 4.78 is 4.41. The summed E-state index contributed by atoms with van der Waals surface area (Å²) in [6.07, 6.45) is 4.66. The minimum atomic E-state index is -0.309. The van der Waals surface area contributed by atoms with Gasteiger partial charge in [-0.3, -0.25) is 9.69 Å². The predicted octanol–water partition coefficient (Wildman–Crippen LogP) is 0.812. The largest absolute Gasteiger partial charge is 0.370 e. The number of hydrogen-bond donors (Lipinski definition) is 1. The molecule has 1 amide bonds. The van der Waals surface area contributed by atoms with Crippen LogP contribution in [0.3, 0.4) is 0 Å². The van der Waals surface area contributed by atoms with E-state index in [1.807, 2.05) is 16.3 Å². The molecule has 0 atom stereocenters. The minimum absolute atomic E-state index is 0.309. The highest BCUT2D eigenvalue weighted by molar-refractivity contribution is 7.71. The number of rotatable bonds is 5. The van der Waals surface area contributed by atoms with E-state index >= 15 is 0 Å². The van der Waals surface area contributed by atoms with Crippen LogP contribution in [0.2, 0.25) is 0 Å². The number of piperidine rings is 1. The number of aryl methyl sites for hydroxylation is 1. The van der Waals surface area contributed by atoms with E-state index in [-0.39, 0.29) is 5.91 Å². The molecule has 0 saturated carbocycles. The summed E-state index contributed by atoms with van der Waals surface area (Å²) in [7, 11) is 1.89. The molecule has 1 saturated heterocycles. The first-order chi connectivity index (χ1) is 9.08. The van der Waals surface area contributed by atoms with Crippen LogP contribution >= 0.6 is 12.2 Å². The van der Waals surface area contributed by atoms with E-state index in [0.717, 1.165) is 25.6 Å². The quantitative estimate of drug-likeness (QED) is 0.812. The number of primary amides is 1. The van der Waals surface area contributed by atoms with Crippen molar-refractivity contribution in [1.82, 2.24) is 19.2 Å². The van der Waals surface area contributed by atoms with Gasteiger partial charge in [0.2, 0.25) is 5.91 Å². The number of hydrogen-bond acceptors (Lipinski definition) is 4. The molecule has 7 heteroatoms. The molecule has 2 N–H and O–H groups in total. The van der Waals surface area contributed by atoms with Gasteiger partial charge in [0.1, 0.15) is 5.82 Å². The molecule has 1 aliphatic heterocycles. The minimum Gasteiger partial charge on any atom is -0.370 e. The van der Waals surface area contributed by atoms with Crippen LogP contribution in [0.4, 0.5) is 0 Å². The molecular formula is C12H21N5OS. The zero-order valence-electron chi connectivity index (χ0n) is 11.3. The summed E-state index contributed by atoms with van der Waals surface area (Å²) in [5, 5.41) is 4.50. The summed E-state index contributed by atoms with van der Waals surface area (Å²) in [6.45, 7) is 2.95. The van der Waals surface area contributed by atoms with E-state index in [9.17, 15) is 4.79 Å². The van der Waals surface area contributed by atoms with Crippen LogP contribution in [0.5, 0.6) is 0 Å². The number of carbonyl (C=O) groups is 1. The van der Waals surface area contributed by atoms with Crippen molar-refractivity contribution in [3.05, 3.63) is 10.6 Å². The lowest BCUT2D eigenvalue weighted by Crippen LogP contribution is -2.32. The van der Waals surface area contributed by atoms with Crippen molar-refractivity contribution < 1.29 is 4.79 Å². The van der Waals surface area contributed by atoms with Crippen molar-refractivity contribution >= 4 is 18.1 Å². The Hall–Kier alpha value is -1.21. The molecule has 1 aromatic rings. The van der Waals surface area contributed by atoms with Crippen molar-refractivity contribution in [3.63, 3.8) is 0 Å². The molecule has 19 heavy (non-hydrogen) atoms. The maximum atomic E-state index is 10.8. The number of amides is 1. The lowest BCUT2D eigenvalue weighted by molar-refractivity contribution is -0.118. The van der Waals surface area contributed by atoms with Gasteiger partial charge >= 0.3 is 0 Å². The van der Waals surface area contributed by atoms with E-state index in [4.69, 9.17) is 18.0 Å². The van der Waals surface area contributed by atoms with E-state index in [0.29, 0.717) is 17.6 Å². The smallest absolute Gasteiger partial charge is 0.217 e. The molecule has 6 nitrogen and oxygen atoms in total. The van der Waals surface area contributed by atoms with Crippen LogP contribution in [0.15, 0.2) is 0 Å². The van der Waals surface area contributed by atoms with E-state index in [2.05, 4.69) is 10.00 Å². The maximum absolute atomic E-state index is 10.8. The van der Waals surface area contributed by atoms with Crippen LogP contribution in [-0.2, 0) is 24.9 Å². The lowest BCUT2D eigenvalue weighted by atomic mass is 10.1. The van der Waals surface area contributed by atoms with Crippen LogP contribution in [-0.4, -0.2) is 38.2 Å². The molecule has 0 aromatic carbocycles. The van der Waals surface area contributed by atoms with Gasteiger partial charge in [0.05, 0.1) is 6.67 Å². The first kappa shape index (κ1) is 14.2. The van der Waals surface area contributed by atoms with Gasteiger partial charge in [0.25, 0.3) is 0 Å². The summed E-state index contributed by atoms with van der Waals surface area (Å²) in [6, 6.07) is 0. The average molecular weight is 283 g/mol. The Bertz CT molecular complexity index is 501. The number of aromatic nitrogens is 3. The van der Waals surface area contributed by atoms with Crippen molar-refractivity contribution in [2.45, 2.75) is 38.8 Å². The maximum Gasteiger partial charge on any atom is 0.217 e. The Morgan fingerprint density at radius 3 is 2.68 bits per heavy atom. The van der Waals surface area contributed by atoms with Gasteiger partial charge in [-0.25, -0.2) is 4.68 Å². The van der Waals surface area contributed by atoms with Gasteiger partial charge in [0.15, 0.2) is 4.77 Å². The van der Waals surface area contributed by atoms with Crippen LogP contribution < -0.4 is 5.73 Å². The van der Waals surface area contributed by atoms with E-state index in [1.165, 1.54) is 19.3 Å². The Morgan fingerprint density at radius 2 is 2.05 bits per heavy atom. The molecule has 1 aliphatic rings. The fourth-order valence-electron chi connectivity index (χ4n) is 2.37. The highest BCUT2D eigenvalue weighted by Crippen LogP contribution is 2.10. The number of nitrogens with two attached hydrogens (primary N) is 1. The Labute approximate surface area is 118 Å². The fraction of sp³-hybridized carbons (Fsp3) is 0.750. The molecule has 2 heterocycles. The standard InChI is InChI=1S/C12H21N5OS/c1-15-11(6-5-10(13)18)14-17(12(15)19)9-16-7-3-2-4-8-16/h2-9H2,1H3,(H2,13,18). The zero-order chi connectivity index (χ0) is 13.8. The first-order valence-corrected chi connectivity index (χ1v) is 7.12. The number of likely N-dealkylation sites (tertiary alicyclic amines) is 1. The lowest BCUT2D eigenvalue weighted by Gasteiger charge is -2.25. The first-order valence-electron chi connectivity index (χ1n) is 6.71. The Balaban J connectivity index is 2.06. The normalized spacial score (nSPS) is 16.7. The average Bonchev–Trinajstić information content (AvgIpc) is 2.66. The van der Waals surface area contributed by atoms with Crippen LogP contribution in [0.1, 0.15) is 31.5 Å². The zero-order valence-corrected chi connectivity index (χ0v) is 12.2.